The van der Waals surface area contributed by atoms with Crippen LogP contribution in [0.2, 0.25) is 0 Å². The Hall–Kier alpha value is -1.77. The molecule has 1 heterocycles. The number of aryl methyl sites for hydroxylation is 1. The first-order chi connectivity index (χ1) is 10.6. The Morgan fingerprint density at radius 1 is 1.45 bits per heavy atom. The van der Waals surface area contributed by atoms with Gasteiger partial charge in [0.25, 0.3) is 0 Å². The summed E-state index contributed by atoms with van der Waals surface area (Å²) in [5, 5.41) is 2.84. The highest BCUT2D eigenvalue weighted by atomic mass is 32.2. The SMILES string of the molecule is C#CCN(CC(=O)NC1CCSC1=O)Cc1ccc(C)cc1. The molecular formula is C17H20N2O2S. The van der Waals surface area contributed by atoms with Crippen molar-refractivity contribution in [2.45, 2.75) is 25.9 Å². The summed E-state index contributed by atoms with van der Waals surface area (Å²) in [7, 11) is 0. The van der Waals surface area contributed by atoms with Crippen molar-refractivity contribution in [2.75, 3.05) is 18.8 Å². The van der Waals surface area contributed by atoms with Crippen LogP contribution in [0.4, 0.5) is 0 Å². The molecule has 1 aliphatic rings. The van der Waals surface area contributed by atoms with Gasteiger partial charge >= 0.3 is 0 Å². The minimum absolute atomic E-state index is 0.0513. The standard InChI is InChI=1S/C17H20N2O2S/c1-3-9-19(11-14-6-4-13(2)5-7-14)12-16(20)18-15-8-10-22-17(15)21/h1,4-7,15H,8-12H2,2H3,(H,18,20). The number of benzene rings is 1. The second kappa shape index (κ2) is 8.02. The average molecular weight is 316 g/mol. The predicted molar refractivity (Wildman–Crippen MR) is 89.3 cm³/mol. The fourth-order valence-electron chi connectivity index (χ4n) is 2.32. The molecule has 1 aliphatic heterocycles. The maximum atomic E-state index is 12.1. The molecule has 1 fully saturated rings. The normalized spacial score (nSPS) is 17.5. The molecule has 1 aromatic carbocycles. The first kappa shape index (κ1) is 16.6. The van der Waals surface area contributed by atoms with Crippen LogP contribution < -0.4 is 5.32 Å². The molecule has 1 aromatic rings. The van der Waals surface area contributed by atoms with Crippen molar-refractivity contribution < 1.29 is 9.59 Å². The third-order valence-electron chi connectivity index (χ3n) is 3.48. The molecular weight excluding hydrogens is 296 g/mol. The monoisotopic (exact) mass is 316 g/mol. The van der Waals surface area contributed by atoms with E-state index in [4.69, 9.17) is 6.42 Å². The Morgan fingerprint density at radius 2 is 2.18 bits per heavy atom. The van der Waals surface area contributed by atoms with Gasteiger partial charge in [-0.2, -0.15) is 0 Å². The van der Waals surface area contributed by atoms with Crippen molar-refractivity contribution in [2.24, 2.45) is 0 Å². The fourth-order valence-corrected chi connectivity index (χ4v) is 3.25. The Morgan fingerprint density at radius 3 is 2.77 bits per heavy atom. The lowest BCUT2D eigenvalue weighted by Crippen LogP contribution is -2.43. The largest absolute Gasteiger partial charge is 0.344 e. The summed E-state index contributed by atoms with van der Waals surface area (Å²) in [5.41, 5.74) is 2.31. The lowest BCUT2D eigenvalue weighted by molar-refractivity contribution is -0.125. The number of thioether (sulfide) groups is 1. The lowest BCUT2D eigenvalue weighted by atomic mass is 10.1. The van der Waals surface area contributed by atoms with E-state index in [9.17, 15) is 9.59 Å². The minimum Gasteiger partial charge on any atom is -0.344 e. The Kier molecular flexibility index (Phi) is 6.05. The van der Waals surface area contributed by atoms with E-state index in [0.29, 0.717) is 19.5 Å². The van der Waals surface area contributed by atoms with E-state index < -0.39 is 0 Å². The second-order valence-corrected chi connectivity index (χ2v) is 6.51. The Bertz CT molecular complexity index is 577. The number of amides is 1. The molecule has 22 heavy (non-hydrogen) atoms. The molecule has 0 saturated carbocycles. The summed E-state index contributed by atoms with van der Waals surface area (Å²) >= 11 is 1.28. The number of nitrogens with zero attached hydrogens (tertiary/aromatic N) is 1. The molecule has 1 unspecified atom stereocenters. The highest BCUT2D eigenvalue weighted by Crippen LogP contribution is 2.19. The van der Waals surface area contributed by atoms with E-state index in [2.05, 4.69) is 11.2 Å². The zero-order valence-electron chi connectivity index (χ0n) is 12.7. The van der Waals surface area contributed by atoms with Crippen LogP contribution in [0.3, 0.4) is 0 Å². The Balaban J connectivity index is 1.90. The summed E-state index contributed by atoms with van der Waals surface area (Å²) in [6.07, 6.45) is 6.10. The van der Waals surface area contributed by atoms with Gasteiger partial charge in [-0.1, -0.05) is 47.5 Å². The third-order valence-corrected chi connectivity index (χ3v) is 4.49. The van der Waals surface area contributed by atoms with E-state index in [1.165, 1.54) is 17.3 Å². The van der Waals surface area contributed by atoms with Gasteiger partial charge in [0.2, 0.25) is 11.0 Å². The molecule has 2 rings (SSSR count). The maximum Gasteiger partial charge on any atom is 0.234 e. The smallest absolute Gasteiger partial charge is 0.234 e. The van der Waals surface area contributed by atoms with Crippen molar-refractivity contribution in [1.82, 2.24) is 10.2 Å². The lowest BCUT2D eigenvalue weighted by Gasteiger charge is -2.20. The van der Waals surface area contributed by atoms with Crippen LogP contribution in [0.15, 0.2) is 24.3 Å². The molecule has 4 nitrogen and oxygen atoms in total. The summed E-state index contributed by atoms with van der Waals surface area (Å²) in [6, 6.07) is 7.81. The topological polar surface area (TPSA) is 49.4 Å². The summed E-state index contributed by atoms with van der Waals surface area (Å²) in [5.74, 6) is 3.21. The van der Waals surface area contributed by atoms with Crippen LogP contribution in [0.25, 0.3) is 0 Å². The van der Waals surface area contributed by atoms with Crippen LogP contribution in [0, 0.1) is 19.3 Å². The van der Waals surface area contributed by atoms with Gasteiger partial charge in [0.05, 0.1) is 19.1 Å². The van der Waals surface area contributed by atoms with E-state index in [1.54, 1.807) is 0 Å². The number of terminal acetylenes is 1. The van der Waals surface area contributed by atoms with Crippen LogP contribution in [-0.2, 0) is 16.1 Å². The molecule has 1 saturated heterocycles. The van der Waals surface area contributed by atoms with Gasteiger partial charge in [0.1, 0.15) is 0 Å². The number of hydrogen-bond acceptors (Lipinski definition) is 4. The van der Waals surface area contributed by atoms with Gasteiger partial charge in [-0.25, -0.2) is 0 Å². The molecule has 0 spiro atoms. The van der Waals surface area contributed by atoms with Crippen molar-refractivity contribution >= 4 is 22.8 Å². The van der Waals surface area contributed by atoms with Gasteiger partial charge in [-0.15, -0.1) is 6.42 Å². The third kappa shape index (κ3) is 4.90. The number of rotatable bonds is 6. The highest BCUT2D eigenvalue weighted by molar-refractivity contribution is 8.14. The maximum absolute atomic E-state index is 12.1. The molecule has 1 amide bonds. The molecule has 0 radical (unpaired) electrons. The van der Waals surface area contributed by atoms with Crippen molar-refractivity contribution in [1.29, 1.82) is 0 Å². The molecule has 1 N–H and O–H groups in total. The number of carbonyl (C=O) groups is 2. The first-order valence-electron chi connectivity index (χ1n) is 7.26. The second-order valence-electron chi connectivity index (χ2n) is 5.41. The van der Waals surface area contributed by atoms with Crippen molar-refractivity contribution in [3.8, 4) is 12.3 Å². The van der Waals surface area contributed by atoms with Gasteiger partial charge < -0.3 is 5.32 Å². The number of hydrogen-bond donors (Lipinski definition) is 1. The van der Waals surface area contributed by atoms with Crippen molar-refractivity contribution in [3.05, 3.63) is 35.4 Å². The summed E-state index contributed by atoms with van der Waals surface area (Å²) in [4.78, 5) is 25.5. The average Bonchev–Trinajstić information content (AvgIpc) is 2.87. The van der Waals surface area contributed by atoms with E-state index in [-0.39, 0.29) is 23.6 Å². The molecule has 0 aliphatic carbocycles. The Labute approximate surface area is 135 Å². The zero-order valence-corrected chi connectivity index (χ0v) is 13.5. The number of carbonyl (C=O) groups excluding carboxylic acids is 2. The first-order valence-corrected chi connectivity index (χ1v) is 8.24. The molecule has 116 valence electrons. The summed E-state index contributed by atoms with van der Waals surface area (Å²) in [6.45, 7) is 3.25. The molecule has 0 bridgehead atoms. The molecule has 0 aromatic heterocycles. The zero-order chi connectivity index (χ0) is 15.9. The highest BCUT2D eigenvalue weighted by Gasteiger charge is 2.27. The van der Waals surface area contributed by atoms with Crippen LogP contribution in [-0.4, -0.2) is 40.8 Å². The van der Waals surface area contributed by atoms with Gasteiger partial charge in [-0.3, -0.25) is 14.5 Å². The quantitative estimate of drug-likeness (QED) is 0.810. The summed E-state index contributed by atoms with van der Waals surface area (Å²) < 4.78 is 0. The van der Waals surface area contributed by atoms with E-state index >= 15 is 0 Å². The molecule has 5 heteroatoms. The van der Waals surface area contributed by atoms with E-state index in [1.807, 2.05) is 36.1 Å². The van der Waals surface area contributed by atoms with Gasteiger partial charge in [0.15, 0.2) is 0 Å². The molecule has 1 atom stereocenters. The fraction of sp³-hybridized carbons (Fsp3) is 0.412. The van der Waals surface area contributed by atoms with Crippen LogP contribution in [0.1, 0.15) is 17.5 Å². The van der Waals surface area contributed by atoms with Gasteiger partial charge in [-0.05, 0) is 18.9 Å². The van der Waals surface area contributed by atoms with Crippen LogP contribution in [0.5, 0.6) is 0 Å². The number of nitrogens with one attached hydrogen (secondary N) is 1. The van der Waals surface area contributed by atoms with Gasteiger partial charge in [0, 0.05) is 12.3 Å². The van der Waals surface area contributed by atoms with E-state index in [0.717, 1.165) is 11.3 Å². The van der Waals surface area contributed by atoms with Crippen LogP contribution >= 0.6 is 11.8 Å². The predicted octanol–water partition coefficient (Wildman–Crippen LogP) is 1.58. The van der Waals surface area contributed by atoms with Crippen molar-refractivity contribution in [3.63, 3.8) is 0 Å². The minimum atomic E-state index is -0.343.